The molecule has 7 heteroatoms. The number of nitrogens with zero attached hydrogens (tertiary/aromatic N) is 4. The molecule has 1 aliphatic carbocycles. The Labute approximate surface area is 145 Å². The Balaban J connectivity index is 1.56. The predicted octanol–water partition coefficient (Wildman–Crippen LogP) is 3.64. The summed E-state index contributed by atoms with van der Waals surface area (Å²) in [4.78, 5) is 24.8. The van der Waals surface area contributed by atoms with Crippen molar-refractivity contribution in [2.75, 3.05) is 6.54 Å². The van der Waals surface area contributed by atoms with Crippen LogP contribution >= 0.6 is 11.3 Å². The Morgan fingerprint density at radius 2 is 2.17 bits per heavy atom. The number of carbonyl (C=O) groups is 1. The van der Waals surface area contributed by atoms with Crippen molar-refractivity contribution in [3.05, 3.63) is 27.3 Å². The van der Waals surface area contributed by atoms with Gasteiger partial charge in [-0.15, -0.1) is 11.3 Å². The fourth-order valence-electron chi connectivity index (χ4n) is 3.26. The van der Waals surface area contributed by atoms with Gasteiger partial charge in [0, 0.05) is 12.5 Å². The Bertz CT molecular complexity index is 750. The van der Waals surface area contributed by atoms with Crippen molar-refractivity contribution in [3.63, 3.8) is 0 Å². The monoisotopic (exact) mass is 346 g/mol. The topological polar surface area (TPSA) is 72.1 Å². The van der Waals surface area contributed by atoms with Crippen LogP contribution < -0.4 is 0 Å². The molecule has 128 valence electrons. The van der Waals surface area contributed by atoms with E-state index in [0.29, 0.717) is 11.7 Å². The summed E-state index contributed by atoms with van der Waals surface area (Å²) in [6.45, 7) is 4.80. The zero-order valence-corrected chi connectivity index (χ0v) is 14.9. The minimum atomic E-state index is -0.0649. The normalized spacial score (nSPS) is 20.8. The predicted molar refractivity (Wildman–Crippen MR) is 90.1 cm³/mol. The van der Waals surface area contributed by atoms with Crippen molar-refractivity contribution in [1.82, 2.24) is 20.0 Å². The Morgan fingerprint density at radius 3 is 2.92 bits per heavy atom. The van der Waals surface area contributed by atoms with E-state index in [9.17, 15) is 4.79 Å². The van der Waals surface area contributed by atoms with Crippen LogP contribution in [0.25, 0.3) is 0 Å². The summed E-state index contributed by atoms with van der Waals surface area (Å²) >= 11 is 1.53. The molecule has 1 saturated carbocycles. The highest BCUT2D eigenvalue weighted by atomic mass is 32.1. The Morgan fingerprint density at radius 1 is 1.33 bits per heavy atom. The summed E-state index contributed by atoms with van der Waals surface area (Å²) < 4.78 is 5.39. The Kier molecular flexibility index (Phi) is 4.12. The van der Waals surface area contributed by atoms with Crippen LogP contribution in [0.2, 0.25) is 0 Å². The van der Waals surface area contributed by atoms with Gasteiger partial charge in [0.25, 0.3) is 5.91 Å². The summed E-state index contributed by atoms with van der Waals surface area (Å²) in [7, 11) is 0. The minimum absolute atomic E-state index is 0.0626. The second-order valence-electron chi connectivity index (χ2n) is 6.69. The summed E-state index contributed by atoms with van der Waals surface area (Å²) in [5.41, 5.74) is 0.839. The van der Waals surface area contributed by atoms with Gasteiger partial charge < -0.3 is 9.42 Å². The van der Waals surface area contributed by atoms with Gasteiger partial charge in [-0.2, -0.15) is 4.98 Å². The van der Waals surface area contributed by atoms with Crippen LogP contribution in [0.1, 0.15) is 83.1 Å². The molecule has 1 aliphatic heterocycles. The molecule has 2 aromatic heterocycles. The molecule has 0 aromatic carbocycles. The molecule has 2 aromatic rings. The van der Waals surface area contributed by atoms with Gasteiger partial charge in [-0.25, -0.2) is 4.98 Å². The second-order valence-corrected chi connectivity index (χ2v) is 7.78. The molecule has 1 atom stereocenters. The first-order valence-corrected chi connectivity index (χ1v) is 9.59. The van der Waals surface area contributed by atoms with Crippen LogP contribution in [0.15, 0.2) is 4.52 Å². The van der Waals surface area contributed by atoms with Crippen molar-refractivity contribution in [3.8, 4) is 0 Å². The number of rotatable bonds is 5. The molecule has 1 amide bonds. The van der Waals surface area contributed by atoms with E-state index in [-0.39, 0.29) is 11.9 Å². The quantitative estimate of drug-likeness (QED) is 0.826. The van der Waals surface area contributed by atoms with Gasteiger partial charge in [0.05, 0.1) is 16.7 Å². The lowest BCUT2D eigenvalue weighted by Gasteiger charge is -2.21. The van der Waals surface area contributed by atoms with Gasteiger partial charge in [0.15, 0.2) is 5.82 Å². The molecule has 3 heterocycles. The van der Waals surface area contributed by atoms with Crippen LogP contribution in [-0.4, -0.2) is 32.5 Å². The molecule has 0 bridgehead atoms. The molecule has 4 rings (SSSR count). The summed E-state index contributed by atoms with van der Waals surface area (Å²) in [6.07, 6.45) is 6.11. The van der Waals surface area contributed by atoms with Crippen molar-refractivity contribution < 1.29 is 9.32 Å². The number of amides is 1. The number of aromatic nitrogens is 3. The van der Waals surface area contributed by atoms with E-state index in [1.807, 2.05) is 11.8 Å². The average molecular weight is 346 g/mol. The van der Waals surface area contributed by atoms with E-state index in [0.717, 1.165) is 66.5 Å². The third-order valence-corrected chi connectivity index (χ3v) is 5.90. The van der Waals surface area contributed by atoms with Crippen molar-refractivity contribution >= 4 is 17.2 Å². The SMILES string of the molecule is CCCc1nc(C)c(C(=O)N2CCC[C@H]2c2noc(C3CC3)n2)s1. The molecule has 0 N–H and O–H groups in total. The largest absolute Gasteiger partial charge is 0.339 e. The number of hydrogen-bond acceptors (Lipinski definition) is 6. The molecule has 6 nitrogen and oxygen atoms in total. The number of hydrogen-bond donors (Lipinski definition) is 0. The van der Waals surface area contributed by atoms with Gasteiger partial charge in [-0.1, -0.05) is 12.1 Å². The molecule has 0 unspecified atom stereocenters. The maximum Gasteiger partial charge on any atom is 0.266 e. The highest BCUT2D eigenvalue weighted by Crippen LogP contribution is 2.40. The number of aryl methyl sites for hydroxylation is 2. The highest BCUT2D eigenvalue weighted by molar-refractivity contribution is 7.13. The lowest BCUT2D eigenvalue weighted by molar-refractivity contribution is 0.0732. The molecule has 0 spiro atoms. The number of carbonyl (C=O) groups excluding carboxylic acids is 1. The van der Waals surface area contributed by atoms with Gasteiger partial charge in [-0.3, -0.25) is 4.79 Å². The summed E-state index contributed by atoms with van der Waals surface area (Å²) in [5.74, 6) is 1.91. The first-order valence-electron chi connectivity index (χ1n) is 8.78. The molecule has 0 radical (unpaired) electrons. The van der Waals surface area contributed by atoms with E-state index in [1.54, 1.807) is 0 Å². The van der Waals surface area contributed by atoms with E-state index in [2.05, 4.69) is 22.0 Å². The fraction of sp³-hybridized carbons (Fsp3) is 0.647. The maximum atomic E-state index is 13.0. The van der Waals surface area contributed by atoms with Crippen LogP contribution in [0.5, 0.6) is 0 Å². The van der Waals surface area contributed by atoms with E-state index < -0.39 is 0 Å². The minimum Gasteiger partial charge on any atom is -0.339 e. The average Bonchev–Trinajstić information content (AvgIpc) is 3.00. The lowest BCUT2D eigenvalue weighted by Crippen LogP contribution is -2.31. The van der Waals surface area contributed by atoms with E-state index in [4.69, 9.17) is 4.52 Å². The van der Waals surface area contributed by atoms with Crippen molar-refractivity contribution in [2.24, 2.45) is 0 Å². The third-order valence-electron chi connectivity index (χ3n) is 4.69. The maximum absolute atomic E-state index is 13.0. The fourth-order valence-corrected chi connectivity index (χ4v) is 4.38. The molecule has 1 saturated heterocycles. The van der Waals surface area contributed by atoms with Crippen LogP contribution in [0, 0.1) is 6.92 Å². The molecule has 2 fully saturated rings. The third kappa shape index (κ3) is 2.85. The molecular formula is C17H22N4O2S. The van der Waals surface area contributed by atoms with Crippen LogP contribution in [0.4, 0.5) is 0 Å². The number of thiazole rings is 1. The summed E-state index contributed by atoms with van der Waals surface area (Å²) in [5, 5.41) is 5.20. The highest BCUT2D eigenvalue weighted by Gasteiger charge is 2.37. The first-order chi connectivity index (χ1) is 11.7. The van der Waals surface area contributed by atoms with Gasteiger partial charge in [0.1, 0.15) is 4.88 Å². The smallest absolute Gasteiger partial charge is 0.266 e. The molecule has 2 aliphatic rings. The van der Waals surface area contributed by atoms with Crippen LogP contribution in [0.3, 0.4) is 0 Å². The van der Waals surface area contributed by atoms with Gasteiger partial charge in [-0.05, 0) is 45.4 Å². The van der Waals surface area contributed by atoms with Crippen LogP contribution in [-0.2, 0) is 6.42 Å². The van der Waals surface area contributed by atoms with Gasteiger partial charge >= 0.3 is 0 Å². The van der Waals surface area contributed by atoms with Gasteiger partial charge in [0.2, 0.25) is 5.89 Å². The Hall–Kier alpha value is -1.76. The standard InChI is InChI=1S/C17H22N4O2S/c1-3-5-13-18-10(2)14(24-13)17(22)21-9-4-6-12(21)15-19-16(23-20-15)11-7-8-11/h11-12H,3-9H2,1-2H3/t12-/m0/s1. The first kappa shape index (κ1) is 15.7. The molecular weight excluding hydrogens is 324 g/mol. The zero-order chi connectivity index (χ0) is 16.7. The lowest BCUT2D eigenvalue weighted by atomic mass is 10.2. The second kappa shape index (κ2) is 6.27. The van der Waals surface area contributed by atoms with Crippen molar-refractivity contribution in [2.45, 2.75) is 64.3 Å². The summed E-state index contributed by atoms with van der Waals surface area (Å²) in [6, 6.07) is -0.0649. The van der Waals surface area contributed by atoms with E-state index >= 15 is 0 Å². The zero-order valence-electron chi connectivity index (χ0n) is 14.1. The molecule has 24 heavy (non-hydrogen) atoms. The van der Waals surface area contributed by atoms with E-state index in [1.165, 1.54) is 11.3 Å². The van der Waals surface area contributed by atoms with Crippen molar-refractivity contribution in [1.29, 1.82) is 0 Å². The number of likely N-dealkylation sites (tertiary alicyclic amines) is 1.